The number of fused-ring (bicyclic) bond motifs is 5. The number of carbonyl (C=O) groups is 3. The number of ether oxygens (including phenoxy) is 3. The van der Waals surface area contributed by atoms with Crippen LogP contribution < -0.4 is 5.11 Å². The summed E-state index contributed by atoms with van der Waals surface area (Å²) in [6.45, 7) is 2.20. The standard InChI is InChI=1S/C25H30F2O7/c1-13(2)23(33-20-11-16-10-19(20)18-5-3-4-17(16)18)34-22(29)15-8-6-14(7-9-15)21(28)32-12-25(26,27)24(30)31/h6-9,13,16-20,23H,3-5,10-12H2,1-2H3,(H,30,31)/p-1. The van der Waals surface area contributed by atoms with Crippen molar-refractivity contribution in [2.24, 2.45) is 29.6 Å². The van der Waals surface area contributed by atoms with Gasteiger partial charge >= 0.3 is 17.9 Å². The first-order valence-electron chi connectivity index (χ1n) is 11.8. The molecule has 0 amide bonds. The van der Waals surface area contributed by atoms with E-state index < -0.39 is 36.7 Å². The summed E-state index contributed by atoms with van der Waals surface area (Å²) in [4.78, 5) is 34.9. The fraction of sp³-hybridized carbons (Fsp3) is 0.640. The smallest absolute Gasteiger partial charge is 0.340 e. The molecule has 0 spiro atoms. The normalized spacial score (nSPS) is 28.6. The van der Waals surface area contributed by atoms with Crippen LogP contribution in [0.25, 0.3) is 0 Å². The Morgan fingerprint density at radius 3 is 2.24 bits per heavy atom. The first kappa shape index (κ1) is 24.6. The highest BCUT2D eigenvalue weighted by atomic mass is 19.3. The molecular weight excluding hydrogens is 450 g/mol. The van der Waals surface area contributed by atoms with Crippen LogP contribution >= 0.6 is 0 Å². The highest BCUT2D eigenvalue weighted by molar-refractivity contribution is 5.93. The topological polar surface area (TPSA) is 102 Å². The lowest BCUT2D eigenvalue weighted by molar-refractivity contribution is -0.331. The van der Waals surface area contributed by atoms with E-state index in [9.17, 15) is 28.3 Å². The van der Waals surface area contributed by atoms with E-state index in [0.717, 1.165) is 18.3 Å². The zero-order valence-electron chi connectivity index (χ0n) is 19.2. The zero-order chi connectivity index (χ0) is 24.6. The number of benzene rings is 1. The lowest BCUT2D eigenvalue weighted by Crippen LogP contribution is -2.45. The van der Waals surface area contributed by atoms with Gasteiger partial charge in [-0.15, -0.1) is 0 Å². The summed E-state index contributed by atoms with van der Waals surface area (Å²) in [5.41, 5.74) is 0.0464. The Kier molecular flexibility index (Phi) is 6.94. The molecule has 34 heavy (non-hydrogen) atoms. The van der Waals surface area contributed by atoms with Crippen LogP contribution in [0.2, 0.25) is 0 Å². The number of aliphatic carboxylic acids is 1. The van der Waals surface area contributed by atoms with Crippen molar-refractivity contribution in [3.05, 3.63) is 35.4 Å². The second-order valence-corrected chi connectivity index (χ2v) is 9.99. The van der Waals surface area contributed by atoms with Gasteiger partial charge in [-0.1, -0.05) is 20.3 Å². The molecule has 186 valence electrons. The Bertz CT molecular complexity index is 930. The third kappa shape index (κ3) is 4.94. The van der Waals surface area contributed by atoms with Crippen molar-refractivity contribution in [3.8, 4) is 0 Å². The third-order valence-electron chi connectivity index (χ3n) is 7.48. The number of carboxylic acids is 1. The molecule has 3 aliphatic rings. The fourth-order valence-corrected chi connectivity index (χ4v) is 5.87. The predicted octanol–water partition coefficient (Wildman–Crippen LogP) is 3.21. The molecule has 2 bridgehead atoms. The van der Waals surface area contributed by atoms with E-state index in [1.807, 2.05) is 13.8 Å². The summed E-state index contributed by atoms with van der Waals surface area (Å²) in [5, 5.41) is 10.3. The first-order valence-corrected chi connectivity index (χ1v) is 11.8. The second-order valence-electron chi connectivity index (χ2n) is 9.99. The SMILES string of the molecule is CC(C)C(OC(=O)c1ccc(C(=O)OCC(F)(F)C(=O)[O-])cc1)OC1CC2CC1C1CCCC21. The molecule has 3 fully saturated rings. The minimum atomic E-state index is -4.29. The molecular formula is C25H29F2O7-. The van der Waals surface area contributed by atoms with Gasteiger partial charge in [0, 0.05) is 5.92 Å². The molecule has 0 aromatic heterocycles. The van der Waals surface area contributed by atoms with Crippen molar-refractivity contribution >= 4 is 17.9 Å². The summed E-state index contributed by atoms with van der Waals surface area (Å²) in [7, 11) is 0. The van der Waals surface area contributed by atoms with Gasteiger partial charge in [-0.3, -0.25) is 0 Å². The van der Waals surface area contributed by atoms with Gasteiger partial charge in [0.05, 0.1) is 17.2 Å². The minimum Gasteiger partial charge on any atom is -0.544 e. The van der Waals surface area contributed by atoms with Gasteiger partial charge in [-0.05, 0) is 73.6 Å². The molecule has 0 N–H and O–H groups in total. The van der Waals surface area contributed by atoms with E-state index >= 15 is 0 Å². The van der Waals surface area contributed by atoms with Gasteiger partial charge in [0.25, 0.3) is 0 Å². The van der Waals surface area contributed by atoms with E-state index in [4.69, 9.17) is 9.47 Å². The number of carboxylic acid groups (broad SMARTS) is 1. The van der Waals surface area contributed by atoms with Crippen LogP contribution in [0.15, 0.2) is 24.3 Å². The Balaban J connectivity index is 1.33. The molecule has 0 radical (unpaired) electrons. The molecule has 1 aromatic rings. The lowest BCUT2D eigenvalue weighted by atomic mass is 9.80. The number of carbonyl (C=O) groups excluding carboxylic acids is 3. The van der Waals surface area contributed by atoms with Crippen LogP contribution in [-0.4, -0.2) is 42.8 Å². The zero-order valence-corrected chi connectivity index (χ0v) is 19.2. The van der Waals surface area contributed by atoms with Crippen molar-refractivity contribution in [2.75, 3.05) is 6.61 Å². The number of hydrogen-bond acceptors (Lipinski definition) is 7. The maximum atomic E-state index is 13.0. The summed E-state index contributed by atoms with van der Waals surface area (Å²) in [6.07, 6.45) is 5.49. The maximum absolute atomic E-state index is 13.0. The van der Waals surface area contributed by atoms with E-state index in [0.29, 0.717) is 11.8 Å². The van der Waals surface area contributed by atoms with Crippen LogP contribution in [0.1, 0.15) is 66.7 Å². The number of hydrogen-bond donors (Lipinski definition) is 0. The number of halogens is 2. The third-order valence-corrected chi connectivity index (χ3v) is 7.48. The molecule has 3 aliphatic carbocycles. The van der Waals surface area contributed by atoms with Crippen molar-refractivity contribution in [1.82, 2.24) is 0 Å². The lowest BCUT2D eigenvalue weighted by Gasteiger charge is -2.34. The van der Waals surface area contributed by atoms with Gasteiger partial charge < -0.3 is 24.1 Å². The van der Waals surface area contributed by atoms with Crippen molar-refractivity contribution < 1.29 is 42.5 Å². The van der Waals surface area contributed by atoms with Gasteiger partial charge in [0.2, 0.25) is 6.29 Å². The second kappa shape index (κ2) is 9.60. The Hall–Kier alpha value is -2.55. The molecule has 0 saturated heterocycles. The minimum absolute atomic E-state index is 0.0536. The highest BCUT2D eigenvalue weighted by Gasteiger charge is 2.54. The van der Waals surface area contributed by atoms with Crippen LogP contribution in [0, 0.1) is 29.6 Å². The average Bonchev–Trinajstić information content (AvgIpc) is 3.51. The quantitative estimate of drug-likeness (QED) is 0.396. The maximum Gasteiger partial charge on any atom is 0.340 e. The molecule has 1 aromatic carbocycles. The van der Waals surface area contributed by atoms with Crippen LogP contribution in [0.5, 0.6) is 0 Å². The Morgan fingerprint density at radius 2 is 1.62 bits per heavy atom. The molecule has 6 atom stereocenters. The van der Waals surface area contributed by atoms with Crippen molar-refractivity contribution in [2.45, 2.75) is 64.3 Å². The van der Waals surface area contributed by atoms with Crippen LogP contribution in [-0.2, 0) is 19.0 Å². The van der Waals surface area contributed by atoms with Crippen molar-refractivity contribution in [3.63, 3.8) is 0 Å². The number of rotatable bonds is 9. The first-order chi connectivity index (χ1) is 16.1. The van der Waals surface area contributed by atoms with Gasteiger partial charge in [0.15, 0.2) is 6.61 Å². The molecule has 9 heteroatoms. The molecule has 7 nitrogen and oxygen atoms in total. The highest BCUT2D eigenvalue weighted by Crippen LogP contribution is 2.59. The molecule has 0 aliphatic heterocycles. The fourth-order valence-electron chi connectivity index (χ4n) is 5.87. The van der Waals surface area contributed by atoms with E-state index in [1.54, 1.807) is 0 Å². The molecule has 0 heterocycles. The average molecular weight is 479 g/mol. The van der Waals surface area contributed by atoms with E-state index in [1.165, 1.54) is 49.9 Å². The largest absolute Gasteiger partial charge is 0.544 e. The Morgan fingerprint density at radius 1 is 1.00 bits per heavy atom. The monoisotopic (exact) mass is 479 g/mol. The van der Waals surface area contributed by atoms with Gasteiger partial charge in [0.1, 0.15) is 5.97 Å². The van der Waals surface area contributed by atoms with Crippen molar-refractivity contribution in [1.29, 1.82) is 0 Å². The molecule has 6 unspecified atom stereocenters. The summed E-state index contributed by atoms with van der Waals surface area (Å²) in [6, 6.07) is 5.07. The van der Waals surface area contributed by atoms with Crippen LogP contribution in [0.3, 0.4) is 0 Å². The molecule has 3 saturated carbocycles. The summed E-state index contributed by atoms with van der Waals surface area (Å²) >= 11 is 0. The summed E-state index contributed by atoms with van der Waals surface area (Å²) in [5.74, 6) is -5.93. The predicted molar refractivity (Wildman–Crippen MR) is 113 cm³/mol. The van der Waals surface area contributed by atoms with E-state index in [2.05, 4.69) is 4.74 Å². The molecule has 4 rings (SSSR count). The number of esters is 2. The van der Waals surface area contributed by atoms with E-state index in [-0.39, 0.29) is 23.1 Å². The Labute approximate surface area is 196 Å². The van der Waals surface area contributed by atoms with Gasteiger partial charge in [-0.25, -0.2) is 9.59 Å². The summed E-state index contributed by atoms with van der Waals surface area (Å²) < 4.78 is 42.3. The van der Waals surface area contributed by atoms with Crippen LogP contribution in [0.4, 0.5) is 8.78 Å². The van der Waals surface area contributed by atoms with Gasteiger partial charge in [-0.2, -0.15) is 8.78 Å². The number of alkyl halides is 2.